The number of aromatic nitrogens is 3. The average Bonchev–Trinajstić information content (AvgIpc) is 3.17. The number of benzene rings is 1. The fourth-order valence-electron chi connectivity index (χ4n) is 2.85. The molecule has 0 unspecified atom stereocenters. The first-order chi connectivity index (χ1) is 14.3. The number of hydrogen-bond donors (Lipinski definition) is 1. The van der Waals surface area contributed by atoms with Crippen molar-refractivity contribution in [1.82, 2.24) is 20.1 Å². The highest BCUT2D eigenvalue weighted by atomic mass is 16.6. The van der Waals surface area contributed by atoms with Crippen molar-refractivity contribution in [2.75, 3.05) is 7.11 Å². The highest BCUT2D eigenvalue weighted by Crippen LogP contribution is 2.27. The van der Waals surface area contributed by atoms with E-state index in [-0.39, 0.29) is 11.6 Å². The van der Waals surface area contributed by atoms with Crippen molar-refractivity contribution in [1.29, 1.82) is 0 Å². The Morgan fingerprint density at radius 2 is 1.80 bits per heavy atom. The van der Waals surface area contributed by atoms with Crippen LogP contribution in [0, 0.1) is 0 Å². The molecule has 1 aromatic carbocycles. The van der Waals surface area contributed by atoms with Gasteiger partial charge in [0.15, 0.2) is 11.8 Å². The van der Waals surface area contributed by atoms with E-state index in [1.54, 1.807) is 16.9 Å². The molecule has 30 heavy (non-hydrogen) atoms. The van der Waals surface area contributed by atoms with Crippen LogP contribution < -0.4 is 5.32 Å². The van der Waals surface area contributed by atoms with E-state index in [1.807, 2.05) is 49.5 Å². The Balaban J connectivity index is 2.00. The molecule has 2 heterocycles. The largest absolute Gasteiger partial charge is 0.453 e. The number of alkyl carbamates (subject to hydrolysis) is 1. The van der Waals surface area contributed by atoms with Gasteiger partial charge in [-0.2, -0.15) is 5.10 Å². The molecule has 0 radical (unpaired) electrons. The van der Waals surface area contributed by atoms with Crippen LogP contribution in [0.3, 0.4) is 0 Å². The maximum Gasteiger partial charge on any atom is 0.413 e. The number of hydrogen-bond acceptors (Lipinski definition) is 7. The minimum Gasteiger partial charge on any atom is -0.453 e. The smallest absolute Gasteiger partial charge is 0.413 e. The first kappa shape index (κ1) is 21.0. The number of pyridine rings is 1. The monoisotopic (exact) mass is 410 g/mol. The maximum absolute atomic E-state index is 12.9. The molecule has 0 spiro atoms. The van der Waals surface area contributed by atoms with E-state index >= 15 is 0 Å². The number of fused-ring (bicyclic) bond motifs is 1. The Labute approximate surface area is 173 Å². The van der Waals surface area contributed by atoms with Crippen molar-refractivity contribution < 1.29 is 23.9 Å². The van der Waals surface area contributed by atoms with Gasteiger partial charge in [0, 0.05) is 11.6 Å². The van der Waals surface area contributed by atoms with Crippen LogP contribution in [0.25, 0.3) is 22.3 Å². The minimum absolute atomic E-state index is 0.0228. The molecule has 0 saturated carbocycles. The van der Waals surface area contributed by atoms with Gasteiger partial charge in [-0.3, -0.25) is 10.1 Å². The van der Waals surface area contributed by atoms with Gasteiger partial charge < -0.3 is 9.47 Å². The molecule has 156 valence electrons. The molecule has 3 aromatic rings. The third kappa shape index (κ3) is 4.29. The zero-order valence-corrected chi connectivity index (χ0v) is 17.1. The molecule has 0 aliphatic rings. The number of nitrogens with one attached hydrogen (secondary N) is 1. The highest BCUT2D eigenvalue weighted by molar-refractivity contribution is 6.05. The molecular formula is C21H22N4O5. The van der Waals surface area contributed by atoms with E-state index in [2.05, 4.69) is 14.8 Å². The van der Waals surface area contributed by atoms with Crippen LogP contribution in [0.4, 0.5) is 4.79 Å². The first-order valence-corrected chi connectivity index (χ1v) is 9.35. The topological polar surface area (TPSA) is 112 Å². The molecule has 0 aliphatic carbocycles. The molecule has 2 aromatic heterocycles. The van der Waals surface area contributed by atoms with E-state index in [0.717, 1.165) is 12.7 Å². The zero-order valence-electron chi connectivity index (χ0n) is 17.1. The fraction of sp³-hybridized carbons (Fsp3) is 0.286. The van der Waals surface area contributed by atoms with Gasteiger partial charge >= 0.3 is 12.1 Å². The second kappa shape index (κ2) is 8.73. The Morgan fingerprint density at radius 1 is 1.10 bits per heavy atom. The van der Waals surface area contributed by atoms with E-state index in [9.17, 15) is 14.4 Å². The van der Waals surface area contributed by atoms with Crippen molar-refractivity contribution in [2.24, 2.45) is 0 Å². The van der Waals surface area contributed by atoms with E-state index in [1.165, 1.54) is 6.92 Å². The summed E-state index contributed by atoms with van der Waals surface area (Å²) in [7, 11) is 1.13. The Hall–Kier alpha value is -3.75. The van der Waals surface area contributed by atoms with Crippen LogP contribution in [-0.2, 0) is 14.3 Å². The van der Waals surface area contributed by atoms with Crippen LogP contribution in [0.2, 0.25) is 0 Å². The van der Waals surface area contributed by atoms with Gasteiger partial charge in [0.05, 0.1) is 30.0 Å². The van der Waals surface area contributed by atoms with Crippen LogP contribution >= 0.6 is 0 Å². The van der Waals surface area contributed by atoms with Crippen molar-refractivity contribution in [3.05, 3.63) is 48.2 Å². The lowest BCUT2D eigenvalue weighted by molar-refractivity contribution is -0.128. The van der Waals surface area contributed by atoms with Gasteiger partial charge in [-0.05, 0) is 26.8 Å². The lowest BCUT2D eigenvalue weighted by Gasteiger charge is -2.14. The second-order valence-electron chi connectivity index (χ2n) is 6.87. The lowest BCUT2D eigenvalue weighted by atomic mass is 10.1. The molecule has 1 atom stereocenters. The third-order valence-electron chi connectivity index (χ3n) is 4.41. The molecule has 1 N–H and O–H groups in total. The summed E-state index contributed by atoms with van der Waals surface area (Å²) in [5.41, 5.74) is 2.15. The fourth-order valence-corrected chi connectivity index (χ4v) is 2.85. The number of ether oxygens (including phenoxy) is 2. The van der Waals surface area contributed by atoms with Crippen LogP contribution in [0.1, 0.15) is 37.2 Å². The predicted octanol–water partition coefficient (Wildman–Crippen LogP) is 3.11. The molecule has 9 heteroatoms. The zero-order chi connectivity index (χ0) is 21.8. The van der Waals surface area contributed by atoms with Crippen LogP contribution in [0.5, 0.6) is 0 Å². The van der Waals surface area contributed by atoms with Crippen LogP contribution in [0.15, 0.2) is 42.6 Å². The van der Waals surface area contributed by atoms with Gasteiger partial charge in [-0.15, -0.1) is 0 Å². The van der Waals surface area contributed by atoms with Crippen molar-refractivity contribution in [2.45, 2.75) is 32.9 Å². The molecule has 0 aliphatic heterocycles. The number of methoxy groups -OCH3 is 1. The lowest BCUT2D eigenvalue weighted by Crippen LogP contribution is -2.39. The summed E-state index contributed by atoms with van der Waals surface area (Å²) in [5.74, 6) is -1.52. The number of rotatable bonds is 5. The summed E-state index contributed by atoms with van der Waals surface area (Å²) >= 11 is 0. The van der Waals surface area contributed by atoms with E-state index in [4.69, 9.17) is 4.74 Å². The Morgan fingerprint density at radius 3 is 2.43 bits per heavy atom. The Bertz CT molecular complexity index is 1090. The minimum atomic E-state index is -1.21. The van der Waals surface area contributed by atoms with Gasteiger partial charge in [-0.1, -0.05) is 30.3 Å². The summed E-state index contributed by atoms with van der Waals surface area (Å²) in [6.07, 6.45) is -0.591. The number of esters is 1. The average molecular weight is 410 g/mol. The third-order valence-corrected chi connectivity index (χ3v) is 4.41. The molecule has 3 rings (SSSR count). The molecule has 2 amide bonds. The molecule has 9 nitrogen and oxygen atoms in total. The van der Waals surface area contributed by atoms with Gasteiger partial charge in [0.25, 0.3) is 5.91 Å². The summed E-state index contributed by atoms with van der Waals surface area (Å²) in [5, 5.41) is 6.83. The van der Waals surface area contributed by atoms with Crippen LogP contribution in [-0.4, -0.2) is 45.9 Å². The number of imide groups is 1. The number of nitrogens with zero attached hydrogens (tertiary/aromatic N) is 3. The summed E-state index contributed by atoms with van der Waals surface area (Å²) in [4.78, 5) is 40.8. The SMILES string of the molecule is COC(=O)NC(=O)[C@H](C)OC(=O)c1cc(-c2ccccc2)nc2c1cnn2C(C)C. The van der Waals surface area contributed by atoms with Gasteiger partial charge in [0.1, 0.15) is 0 Å². The molecular weight excluding hydrogens is 388 g/mol. The number of carbonyl (C=O) groups is 3. The molecule has 0 fully saturated rings. The first-order valence-electron chi connectivity index (χ1n) is 9.35. The van der Waals surface area contributed by atoms with Crippen molar-refractivity contribution in [3.63, 3.8) is 0 Å². The second-order valence-corrected chi connectivity index (χ2v) is 6.87. The normalized spacial score (nSPS) is 11.9. The van der Waals surface area contributed by atoms with Gasteiger partial charge in [-0.25, -0.2) is 19.3 Å². The molecule has 0 saturated heterocycles. The summed E-state index contributed by atoms with van der Waals surface area (Å²) in [6, 6.07) is 11.0. The Kier molecular flexibility index (Phi) is 6.10. The van der Waals surface area contributed by atoms with Crippen molar-refractivity contribution >= 4 is 29.0 Å². The predicted molar refractivity (Wildman–Crippen MR) is 109 cm³/mol. The molecule has 0 bridgehead atoms. The number of amides is 2. The summed E-state index contributed by atoms with van der Waals surface area (Å²) < 4.78 is 11.4. The van der Waals surface area contributed by atoms with E-state index in [0.29, 0.717) is 16.7 Å². The summed E-state index contributed by atoms with van der Waals surface area (Å²) in [6.45, 7) is 5.28. The highest BCUT2D eigenvalue weighted by Gasteiger charge is 2.24. The quantitative estimate of drug-likeness (QED) is 0.643. The standard InChI is InChI=1S/C21H22N4O5/c1-12(2)25-18-16(11-22-25)15(10-17(23-18)14-8-6-5-7-9-14)20(27)30-13(3)19(26)24-21(28)29-4/h5-13H,1-4H3,(H,24,26,28)/t13-/m0/s1. The number of carbonyl (C=O) groups excluding carboxylic acids is 3. The van der Waals surface area contributed by atoms with Gasteiger partial charge in [0.2, 0.25) is 0 Å². The maximum atomic E-state index is 12.9. The van der Waals surface area contributed by atoms with E-state index < -0.39 is 24.1 Å². The van der Waals surface area contributed by atoms with Crippen molar-refractivity contribution in [3.8, 4) is 11.3 Å².